The molecule has 0 amide bonds. The molecule has 2 aromatic carbocycles. The number of nitrogens with zero attached hydrogens (tertiary/aromatic N) is 2. The van der Waals surface area contributed by atoms with Gasteiger partial charge in [-0.1, -0.05) is 16.8 Å². The zero-order chi connectivity index (χ0) is 21.8. The fourth-order valence-electron chi connectivity index (χ4n) is 2.97. The van der Waals surface area contributed by atoms with Gasteiger partial charge in [-0.15, -0.1) is 0 Å². The first-order valence-corrected chi connectivity index (χ1v) is 9.78. The molecule has 31 heavy (non-hydrogen) atoms. The number of methoxy groups -OCH3 is 2. The van der Waals surface area contributed by atoms with E-state index in [-0.39, 0.29) is 23.1 Å². The van der Waals surface area contributed by atoms with Gasteiger partial charge in [0, 0.05) is 12.0 Å². The van der Waals surface area contributed by atoms with E-state index in [1.165, 1.54) is 19.2 Å². The second-order valence-corrected chi connectivity index (χ2v) is 6.90. The number of ether oxygens (including phenoxy) is 5. The van der Waals surface area contributed by atoms with E-state index in [2.05, 4.69) is 10.1 Å². The topological polar surface area (TPSA) is 102 Å². The summed E-state index contributed by atoms with van der Waals surface area (Å²) in [5.41, 5.74) is 0.891. The van der Waals surface area contributed by atoms with E-state index in [1.54, 1.807) is 25.3 Å². The highest BCUT2D eigenvalue weighted by molar-refractivity contribution is 6.32. The number of fused-ring (bicyclic) bond motifs is 1. The Kier molecular flexibility index (Phi) is 6.13. The summed E-state index contributed by atoms with van der Waals surface area (Å²) in [4.78, 5) is 16.7. The van der Waals surface area contributed by atoms with Gasteiger partial charge in [0.1, 0.15) is 0 Å². The predicted molar refractivity (Wildman–Crippen MR) is 109 cm³/mol. The van der Waals surface area contributed by atoms with Crippen LogP contribution in [0.1, 0.15) is 22.7 Å². The molecule has 0 N–H and O–H groups in total. The standard InChI is InChI=1S/C21H19ClN2O7/c1-26-15-5-4-12(9-16(15)27-2)20-23-18(31-24-20)11-30-21(25)13-8-14(22)19-17(10-13)28-6-3-7-29-19/h4-5,8-10H,3,6-7,11H2,1-2H3. The zero-order valence-corrected chi connectivity index (χ0v) is 17.6. The lowest BCUT2D eigenvalue weighted by molar-refractivity contribution is 0.0429. The quantitative estimate of drug-likeness (QED) is 0.521. The molecular weight excluding hydrogens is 428 g/mol. The van der Waals surface area contributed by atoms with Gasteiger partial charge in [-0.3, -0.25) is 0 Å². The maximum absolute atomic E-state index is 12.5. The molecule has 0 radical (unpaired) electrons. The van der Waals surface area contributed by atoms with Crippen molar-refractivity contribution in [3.05, 3.63) is 46.8 Å². The van der Waals surface area contributed by atoms with Crippen molar-refractivity contribution >= 4 is 17.6 Å². The number of carbonyl (C=O) groups excluding carboxylic acids is 1. The highest BCUT2D eigenvalue weighted by Gasteiger charge is 2.20. The molecule has 3 aromatic rings. The van der Waals surface area contributed by atoms with E-state index in [4.69, 9.17) is 39.8 Å². The van der Waals surface area contributed by atoms with Gasteiger partial charge in [0.05, 0.1) is 38.0 Å². The first-order valence-electron chi connectivity index (χ1n) is 9.40. The molecule has 0 bridgehead atoms. The van der Waals surface area contributed by atoms with Crippen LogP contribution < -0.4 is 18.9 Å². The molecule has 0 fully saturated rings. The minimum Gasteiger partial charge on any atom is -0.493 e. The Morgan fingerprint density at radius 1 is 1.10 bits per heavy atom. The summed E-state index contributed by atoms with van der Waals surface area (Å²) in [5, 5.41) is 4.20. The van der Waals surface area contributed by atoms with Crippen LogP contribution in [0.4, 0.5) is 0 Å². The molecule has 10 heteroatoms. The normalized spacial score (nSPS) is 12.7. The second kappa shape index (κ2) is 9.13. The third-order valence-electron chi connectivity index (χ3n) is 4.47. The molecule has 9 nitrogen and oxygen atoms in total. The lowest BCUT2D eigenvalue weighted by Crippen LogP contribution is -2.06. The molecule has 1 aliphatic rings. The van der Waals surface area contributed by atoms with Crippen LogP contribution in [0.15, 0.2) is 34.9 Å². The number of esters is 1. The largest absolute Gasteiger partial charge is 0.493 e. The van der Waals surface area contributed by atoms with Crippen molar-refractivity contribution in [2.45, 2.75) is 13.0 Å². The van der Waals surface area contributed by atoms with Crippen molar-refractivity contribution in [1.29, 1.82) is 0 Å². The summed E-state index contributed by atoms with van der Waals surface area (Å²) in [5.74, 6) is 1.80. The Labute approximate surface area is 182 Å². The van der Waals surface area contributed by atoms with E-state index in [0.29, 0.717) is 47.6 Å². The van der Waals surface area contributed by atoms with Crippen LogP contribution in [0.3, 0.4) is 0 Å². The first kappa shape index (κ1) is 20.8. The molecular formula is C21H19ClN2O7. The lowest BCUT2D eigenvalue weighted by Gasteiger charge is -2.11. The number of halogens is 1. The molecule has 1 aromatic heterocycles. The molecule has 0 saturated carbocycles. The number of hydrogen-bond acceptors (Lipinski definition) is 9. The van der Waals surface area contributed by atoms with Gasteiger partial charge in [0.25, 0.3) is 5.89 Å². The smallest absolute Gasteiger partial charge is 0.338 e. The molecule has 0 unspecified atom stereocenters. The average molecular weight is 447 g/mol. The van der Waals surface area contributed by atoms with Gasteiger partial charge in [-0.2, -0.15) is 4.98 Å². The van der Waals surface area contributed by atoms with Crippen LogP contribution in [0.25, 0.3) is 11.4 Å². The number of carbonyl (C=O) groups is 1. The van der Waals surface area contributed by atoms with Gasteiger partial charge in [0.2, 0.25) is 5.82 Å². The van der Waals surface area contributed by atoms with E-state index >= 15 is 0 Å². The summed E-state index contributed by atoms with van der Waals surface area (Å²) in [6.45, 7) is 0.768. The third-order valence-corrected chi connectivity index (χ3v) is 4.76. The maximum atomic E-state index is 12.5. The number of rotatable bonds is 6. The zero-order valence-electron chi connectivity index (χ0n) is 16.8. The number of benzene rings is 2. The molecule has 0 spiro atoms. The van der Waals surface area contributed by atoms with Crippen molar-refractivity contribution in [1.82, 2.24) is 10.1 Å². The van der Waals surface area contributed by atoms with Crippen molar-refractivity contribution in [2.24, 2.45) is 0 Å². The SMILES string of the molecule is COc1ccc(-c2noc(COC(=O)c3cc(Cl)c4c(c3)OCCCO4)n2)cc1OC. The monoisotopic (exact) mass is 446 g/mol. The van der Waals surface area contributed by atoms with E-state index in [9.17, 15) is 4.79 Å². The van der Waals surface area contributed by atoms with E-state index in [0.717, 1.165) is 6.42 Å². The highest BCUT2D eigenvalue weighted by Crippen LogP contribution is 2.38. The Balaban J connectivity index is 1.45. The predicted octanol–water partition coefficient (Wildman–Crippen LogP) is 3.93. The van der Waals surface area contributed by atoms with Crippen LogP contribution in [0.2, 0.25) is 5.02 Å². The van der Waals surface area contributed by atoms with E-state index in [1.807, 2.05) is 0 Å². The molecule has 2 heterocycles. The summed E-state index contributed by atoms with van der Waals surface area (Å²) >= 11 is 6.23. The minimum absolute atomic E-state index is 0.138. The highest BCUT2D eigenvalue weighted by atomic mass is 35.5. The van der Waals surface area contributed by atoms with Crippen molar-refractivity contribution in [3.8, 4) is 34.4 Å². The maximum Gasteiger partial charge on any atom is 0.338 e. The molecule has 4 rings (SSSR count). The molecule has 0 aliphatic carbocycles. The molecule has 1 aliphatic heterocycles. The van der Waals surface area contributed by atoms with E-state index < -0.39 is 5.97 Å². The second-order valence-electron chi connectivity index (χ2n) is 6.49. The fourth-order valence-corrected chi connectivity index (χ4v) is 3.23. The molecule has 0 saturated heterocycles. The van der Waals surface area contributed by atoms with Crippen molar-refractivity contribution < 1.29 is 33.0 Å². The summed E-state index contributed by atoms with van der Waals surface area (Å²) in [6, 6.07) is 8.23. The third kappa shape index (κ3) is 4.51. The van der Waals surface area contributed by atoms with Crippen LogP contribution in [0.5, 0.6) is 23.0 Å². The van der Waals surface area contributed by atoms with Gasteiger partial charge in [-0.05, 0) is 30.3 Å². The Hall–Kier alpha value is -3.46. The van der Waals surface area contributed by atoms with Crippen LogP contribution in [-0.4, -0.2) is 43.5 Å². The van der Waals surface area contributed by atoms with Crippen molar-refractivity contribution in [2.75, 3.05) is 27.4 Å². The van der Waals surface area contributed by atoms with Crippen molar-refractivity contribution in [3.63, 3.8) is 0 Å². The number of hydrogen-bond donors (Lipinski definition) is 0. The van der Waals surface area contributed by atoms with Gasteiger partial charge < -0.3 is 28.2 Å². The molecule has 162 valence electrons. The fraction of sp³-hybridized carbons (Fsp3) is 0.286. The average Bonchev–Trinajstić information content (AvgIpc) is 3.13. The minimum atomic E-state index is -0.608. The summed E-state index contributed by atoms with van der Waals surface area (Å²) < 4.78 is 32.1. The van der Waals surface area contributed by atoms with Gasteiger partial charge in [0.15, 0.2) is 29.6 Å². The Bertz CT molecular complexity index is 1100. The Morgan fingerprint density at radius 3 is 2.71 bits per heavy atom. The number of aromatic nitrogens is 2. The van der Waals surface area contributed by atoms with Gasteiger partial charge >= 0.3 is 5.97 Å². The van der Waals surface area contributed by atoms with Gasteiger partial charge in [-0.25, -0.2) is 4.79 Å². The van der Waals surface area contributed by atoms with Crippen LogP contribution in [-0.2, 0) is 11.3 Å². The Morgan fingerprint density at radius 2 is 1.90 bits per heavy atom. The molecule has 0 atom stereocenters. The van der Waals surface area contributed by atoms with Crippen LogP contribution >= 0.6 is 11.6 Å². The summed E-state index contributed by atoms with van der Waals surface area (Å²) in [6.07, 6.45) is 0.727. The van der Waals surface area contributed by atoms with Crippen LogP contribution in [0, 0.1) is 0 Å². The summed E-state index contributed by atoms with van der Waals surface area (Å²) in [7, 11) is 3.09. The lowest BCUT2D eigenvalue weighted by atomic mass is 10.2. The first-order chi connectivity index (χ1) is 15.1.